The van der Waals surface area contributed by atoms with E-state index in [9.17, 15) is 9.18 Å². The first-order valence-electron chi connectivity index (χ1n) is 4.48. The Kier molecular flexibility index (Phi) is 3.49. The predicted octanol–water partition coefficient (Wildman–Crippen LogP) is 0.921. The maximum Gasteiger partial charge on any atom is 0.260 e. The molecule has 0 aromatic heterocycles. The summed E-state index contributed by atoms with van der Waals surface area (Å²) in [5.74, 6) is -0.878. The topological polar surface area (TPSA) is 64.3 Å². The fourth-order valence-electron chi connectivity index (χ4n) is 1.06. The van der Waals surface area contributed by atoms with Crippen molar-refractivity contribution in [2.75, 3.05) is 12.8 Å². The lowest BCUT2D eigenvalue weighted by atomic mass is 10.3. The molecule has 0 aliphatic heterocycles. The van der Waals surface area contributed by atoms with E-state index in [-0.39, 0.29) is 11.7 Å². The third kappa shape index (κ3) is 2.83. The number of carbonyl (C=O) groups excluding carboxylic acids is 1. The lowest BCUT2D eigenvalue weighted by Crippen LogP contribution is -2.33. The van der Waals surface area contributed by atoms with Crippen LogP contribution in [0.4, 0.5) is 10.1 Å². The Morgan fingerprint density at radius 1 is 1.60 bits per heavy atom. The van der Waals surface area contributed by atoms with Crippen molar-refractivity contribution in [3.63, 3.8) is 0 Å². The highest BCUT2D eigenvalue weighted by atomic mass is 19.1. The van der Waals surface area contributed by atoms with Crippen molar-refractivity contribution in [2.24, 2.45) is 0 Å². The number of anilines is 1. The zero-order valence-electron chi connectivity index (χ0n) is 8.58. The van der Waals surface area contributed by atoms with Crippen LogP contribution in [0.25, 0.3) is 0 Å². The number of amides is 1. The molecule has 0 saturated heterocycles. The van der Waals surface area contributed by atoms with Gasteiger partial charge in [0, 0.05) is 18.8 Å². The second-order valence-corrected chi connectivity index (χ2v) is 3.06. The molecule has 0 radical (unpaired) electrons. The summed E-state index contributed by atoms with van der Waals surface area (Å²) in [5, 5.41) is 2.40. The Morgan fingerprint density at radius 2 is 2.27 bits per heavy atom. The molecular weight excluding hydrogens is 199 g/mol. The quantitative estimate of drug-likeness (QED) is 0.732. The van der Waals surface area contributed by atoms with E-state index in [0.29, 0.717) is 5.69 Å². The van der Waals surface area contributed by atoms with Gasteiger partial charge in [-0.2, -0.15) is 0 Å². The Bertz CT molecular complexity index is 368. The fourth-order valence-corrected chi connectivity index (χ4v) is 1.06. The van der Waals surface area contributed by atoms with E-state index >= 15 is 0 Å². The molecule has 4 nitrogen and oxygen atoms in total. The van der Waals surface area contributed by atoms with E-state index in [1.54, 1.807) is 0 Å². The molecule has 5 heteroatoms. The van der Waals surface area contributed by atoms with Gasteiger partial charge in [0.2, 0.25) is 0 Å². The van der Waals surface area contributed by atoms with E-state index in [4.69, 9.17) is 10.5 Å². The molecule has 0 bridgehead atoms. The van der Waals surface area contributed by atoms with Gasteiger partial charge in [0.25, 0.3) is 5.91 Å². The van der Waals surface area contributed by atoms with Crippen molar-refractivity contribution in [1.29, 1.82) is 0 Å². The van der Waals surface area contributed by atoms with Crippen molar-refractivity contribution in [2.45, 2.75) is 13.0 Å². The molecule has 1 rings (SSSR count). The smallest absolute Gasteiger partial charge is 0.260 e. The number of nitrogens with one attached hydrogen (secondary N) is 1. The van der Waals surface area contributed by atoms with E-state index in [1.807, 2.05) is 0 Å². The normalized spacial score (nSPS) is 11.9. The van der Waals surface area contributed by atoms with Crippen molar-refractivity contribution in [3.8, 4) is 5.75 Å². The predicted molar refractivity (Wildman–Crippen MR) is 55.0 cm³/mol. The summed E-state index contributed by atoms with van der Waals surface area (Å²) < 4.78 is 18.4. The number of rotatable bonds is 3. The molecule has 3 N–H and O–H groups in total. The molecule has 0 heterocycles. The van der Waals surface area contributed by atoms with Crippen LogP contribution in [-0.4, -0.2) is 19.1 Å². The number of hydrogen-bond acceptors (Lipinski definition) is 3. The molecule has 0 saturated carbocycles. The molecule has 0 aliphatic carbocycles. The number of ether oxygens (including phenoxy) is 1. The van der Waals surface area contributed by atoms with Gasteiger partial charge < -0.3 is 15.8 Å². The molecule has 1 atom stereocenters. The molecule has 82 valence electrons. The minimum atomic E-state index is -0.742. The van der Waals surface area contributed by atoms with E-state index in [0.717, 1.165) is 6.07 Å². The SMILES string of the molecule is CNC(=O)C(C)Oc1ccc(N)cc1F. The zero-order valence-corrected chi connectivity index (χ0v) is 8.58. The van der Waals surface area contributed by atoms with Crippen LogP contribution in [-0.2, 0) is 4.79 Å². The first-order valence-corrected chi connectivity index (χ1v) is 4.48. The Balaban J connectivity index is 2.76. The summed E-state index contributed by atoms with van der Waals surface area (Å²) in [6.45, 7) is 1.54. The van der Waals surface area contributed by atoms with Gasteiger partial charge >= 0.3 is 0 Å². The lowest BCUT2D eigenvalue weighted by Gasteiger charge is -2.13. The van der Waals surface area contributed by atoms with Gasteiger partial charge in [-0.25, -0.2) is 4.39 Å². The van der Waals surface area contributed by atoms with Gasteiger partial charge in [0.1, 0.15) is 0 Å². The molecule has 1 unspecified atom stereocenters. The fraction of sp³-hybridized carbons (Fsp3) is 0.300. The van der Waals surface area contributed by atoms with Crippen molar-refractivity contribution in [1.82, 2.24) is 5.32 Å². The van der Waals surface area contributed by atoms with Crippen LogP contribution in [0, 0.1) is 5.82 Å². The molecule has 0 spiro atoms. The maximum absolute atomic E-state index is 13.2. The van der Waals surface area contributed by atoms with Gasteiger partial charge in [-0.1, -0.05) is 0 Å². The number of nitrogens with two attached hydrogens (primary N) is 1. The Labute approximate surface area is 87.2 Å². The van der Waals surface area contributed by atoms with Crippen molar-refractivity contribution >= 4 is 11.6 Å². The molecule has 1 aromatic carbocycles. The first kappa shape index (κ1) is 11.3. The van der Waals surface area contributed by atoms with Crippen LogP contribution in [0.3, 0.4) is 0 Å². The highest BCUT2D eigenvalue weighted by molar-refractivity contribution is 5.80. The molecule has 1 aromatic rings. The largest absolute Gasteiger partial charge is 0.478 e. The summed E-state index contributed by atoms with van der Waals surface area (Å²) in [6, 6.07) is 4.05. The van der Waals surface area contributed by atoms with Gasteiger partial charge in [-0.05, 0) is 19.1 Å². The van der Waals surface area contributed by atoms with Crippen molar-refractivity contribution in [3.05, 3.63) is 24.0 Å². The monoisotopic (exact) mass is 212 g/mol. The Morgan fingerprint density at radius 3 is 2.80 bits per heavy atom. The second kappa shape index (κ2) is 4.63. The Hall–Kier alpha value is -1.78. The van der Waals surface area contributed by atoms with E-state index in [1.165, 1.54) is 26.1 Å². The standard InChI is InChI=1S/C10H13FN2O2/c1-6(10(14)13-2)15-9-4-3-7(12)5-8(9)11/h3-6H,12H2,1-2H3,(H,13,14). The van der Waals surface area contributed by atoms with Crippen LogP contribution >= 0.6 is 0 Å². The average molecular weight is 212 g/mol. The summed E-state index contributed by atoms with van der Waals surface area (Å²) in [6.07, 6.45) is -0.742. The lowest BCUT2D eigenvalue weighted by molar-refractivity contribution is -0.126. The zero-order chi connectivity index (χ0) is 11.4. The number of hydrogen-bond donors (Lipinski definition) is 2. The number of halogens is 1. The summed E-state index contributed by atoms with van der Waals surface area (Å²) >= 11 is 0. The van der Waals surface area contributed by atoms with Crippen LogP contribution in [0.15, 0.2) is 18.2 Å². The average Bonchev–Trinajstić information content (AvgIpc) is 2.20. The number of nitrogen functional groups attached to an aromatic ring is 1. The number of benzene rings is 1. The highest BCUT2D eigenvalue weighted by Crippen LogP contribution is 2.20. The van der Waals surface area contributed by atoms with Crippen LogP contribution in [0.2, 0.25) is 0 Å². The summed E-state index contributed by atoms with van der Waals surface area (Å²) in [7, 11) is 1.49. The van der Waals surface area contributed by atoms with Crippen LogP contribution in [0.1, 0.15) is 6.92 Å². The molecular formula is C10H13FN2O2. The van der Waals surface area contributed by atoms with Crippen molar-refractivity contribution < 1.29 is 13.9 Å². The van der Waals surface area contributed by atoms with Gasteiger partial charge in [0.05, 0.1) is 0 Å². The third-order valence-electron chi connectivity index (χ3n) is 1.88. The minimum absolute atomic E-state index is 0.0142. The number of carbonyl (C=O) groups is 1. The maximum atomic E-state index is 13.2. The summed E-state index contributed by atoms with van der Waals surface area (Å²) in [5.41, 5.74) is 5.68. The molecule has 15 heavy (non-hydrogen) atoms. The van der Waals surface area contributed by atoms with E-state index in [2.05, 4.69) is 5.32 Å². The van der Waals surface area contributed by atoms with Gasteiger partial charge in [-0.3, -0.25) is 4.79 Å². The molecule has 0 aliphatic rings. The van der Waals surface area contributed by atoms with Crippen LogP contribution in [0.5, 0.6) is 5.75 Å². The van der Waals surface area contributed by atoms with Gasteiger partial charge in [0.15, 0.2) is 17.7 Å². The first-order chi connectivity index (χ1) is 7.04. The molecule has 0 fully saturated rings. The van der Waals surface area contributed by atoms with Gasteiger partial charge in [-0.15, -0.1) is 0 Å². The number of likely N-dealkylation sites (N-methyl/N-ethyl adjacent to an activating group) is 1. The van der Waals surface area contributed by atoms with Crippen LogP contribution < -0.4 is 15.8 Å². The highest BCUT2D eigenvalue weighted by Gasteiger charge is 2.14. The minimum Gasteiger partial charge on any atom is -0.478 e. The summed E-state index contributed by atoms with van der Waals surface area (Å²) in [4.78, 5) is 11.1. The third-order valence-corrected chi connectivity index (χ3v) is 1.88. The second-order valence-electron chi connectivity index (χ2n) is 3.06. The molecule has 1 amide bonds. The van der Waals surface area contributed by atoms with E-state index < -0.39 is 11.9 Å².